The summed E-state index contributed by atoms with van der Waals surface area (Å²) in [5.74, 6) is -0.909. The molecular formula is C28H30N4O2. The lowest BCUT2D eigenvalue weighted by atomic mass is 9.76. The van der Waals surface area contributed by atoms with Gasteiger partial charge in [-0.25, -0.2) is 4.98 Å². The van der Waals surface area contributed by atoms with Gasteiger partial charge in [0.25, 0.3) is 0 Å². The van der Waals surface area contributed by atoms with Gasteiger partial charge in [-0.3, -0.25) is 10.1 Å². The fourth-order valence-electron chi connectivity index (χ4n) is 4.42. The van der Waals surface area contributed by atoms with E-state index in [0.717, 1.165) is 28.8 Å². The minimum atomic E-state index is -0.909. The van der Waals surface area contributed by atoms with E-state index in [-0.39, 0.29) is 6.04 Å². The van der Waals surface area contributed by atoms with E-state index in [1.54, 1.807) is 12.5 Å². The van der Waals surface area contributed by atoms with Crippen LogP contribution in [-0.2, 0) is 16.8 Å². The first kappa shape index (κ1) is 23.4. The lowest BCUT2D eigenvalue weighted by Crippen LogP contribution is -2.59. The molecule has 1 heterocycles. The Kier molecular flexibility index (Phi) is 7.52. The fraction of sp³-hybridized carbons (Fsp3) is 0.214. The number of hydrogen-bond acceptors (Lipinski definition) is 4. The van der Waals surface area contributed by atoms with Gasteiger partial charge in [-0.15, -0.1) is 0 Å². The number of nitrogens with one attached hydrogen (secondary N) is 3. The normalized spacial score (nSPS) is 13.3. The van der Waals surface area contributed by atoms with Crippen LogP contribution in [0.1, 0.15) is 29.3 Å². The van der Waals surface area contributed by atoms with Crippen molar-refractivity contribution in [2.24, 2.45) is 0 Å². The van der Waals surface area contributed by atoms with Crippen LogP contribution in [0.5, 0.6) is 0 Å². The van der Waals surface area contributed by atoms with E-state index in [2.05, 4.69) is 20.6 Å². The van der Waals surface area contributed by atoms with Gasteiger partial charge in [-0.2, -0.15) is 0 Å². The number of nitrogens with zero attached hydrogens (tertiary/aromatic N) is 1. The molecule has 3 aromatic carbocycles. The van der Waals surface area contributed by atoms with Gasteiger partial charge in [-0.05, 0) is 23.6 Å². The van der Waals surface area contributed by atoms with Crippen molar-refractivity contribution in [3.8, 4) is 0 Å². The zero-order chi connectivity index (χ0) is 23.8. The van der Waals surface area contributed by atoms with E-state index < -0.39 is 17.6 Å². The van der Waals surface area contributed by atoms with Crippen molar-refractivity contribution in [2.45, 2.75) is 31.0 Å². The van der Waals surface area contributed by atoms with Gasteiger partial charge in [0.05, 0.1) is 11.9 Å². The van der Waals surface area contributed by atoms with E-state index in [9.17, 15) is 9.90 Å². The fourth-order valence-corrected chi connectivity index (χ4v) is 4.42. The first-order chi connectivity index (χ1) is 16.6. The molecule has 0 saturated carbocycles. The number of hydrogen-bond donors (Lipinski definition) is 4. The number of imidazole rings is 1. The molecule has 174 valence electrons. The van der Waals surface area contributed by atoms with E-state index >= 15 is 0 Å². The standard InChI is InChI=1S/C28H30N4O2/c1-21(30-18-17-25-19-29-20-31-25)26(27(33)34)32-28(22-11-5-2-6-12-22,23-13-7-3-8-14-23)24-15-9-4-10-16-24/h2-16,19-21,26,30,32H,17-18H2,1H3,(H,29,31)(H,33,34)/t21-,26+/m1/s1. The van der Waals surface area contributed by atoms with E-state index in [1.807, 2.05) is 97.9 Å². The van der Waals surface area contributed by atoms with Crippen LogP contribution in [0.25, 0.3) is 0 Å². The van der Waals surface area contributed by atoms with E-state index in [0.29, 0.717) is 6.54 Å². The summed E-state index contributed by atoms with van der Waals surface area (Å²) in [7, 11) is 0. The predicted octanol–water partition coefficient (Wildman–Crippen LogP) is 3.97. The number of carboxylic acids is 1. The van der Waals surface area contributed by atoms with Crippen LogP contribution in [0.4, 0.5) is 0 Å². The summed E-state index contributed by atoms with van der Waals surface area (Å²) in [4.78, 5) is 19.7. The maximum absolute atomic E-state index is 12.6. The highest BCUT2D eigenvalue weighted by Gasteiger charge is 2.41. The molecule has 6 nitrogen and oxygen atoms in total. The van der Waals surface area contributed by atoms with Crippen LogP contribution in [0.2, 0.25) is 0 Å². The number of benzene rings is 3. The minimum absolute atomic E-state index is 0.337. The third kappa shape index (κ3) is 5.09. The molecule has 0 saturated heterocycles. The van der Waals surface area contributed by atoms with Gasteiger partial charge in [-0.1, -0.05) is 91.0 Å². The van der Waals surface area contributed by atoms with Gasteiger partial charge < -0.3 is 15.4 Å². The molecule has 6 heteroatoms. The lowest BCUT2D eigenvalue weighted by Gasteiger charge is -2.40. The van der Waals surface area contributed by atoms with Gasteiger partial charge in [0, 0.05) is 30.9 Å². The van der Waals surface area contributed by atoms with Crippen molar-refractivity contribution in [3.05, 3.63) is 126 Å². The maximum atomic E-state index is 12.6. The van der Waals surface area contributed by atoms with Crippen molar-refractivity contribution in [3.63, 3.8) is 0 Å². The average molecular weight is 455 g/mol. The molecule has 4 rings (SSSR count). The summed E-state index contributed by atoms with van der Waals surface area (Å²) >= 11 is 0. The van der Waals surface area contributed by atoms with Crippen molar-refractivity contribution in [1.82, 2.24) is 20.6 Å². The summed E-state index contributed by atoms with van der Waals surface area (Å²) in [6.45, 7) is 2.54. The molecule has 4 aromatic rings. The Labute approximate surface area is 200 Å². The molecule has 0 unspecified atom stereocenters. The Hall–Kier alpha value is -3.74. The quantitative estimate of drug-likeness (QED) is 0.258. The second-order valence-electron chi connectivity index (χ2n) is 8.38. The summed E-state index contributed by atoms with van der Waals surface area (Å²) in [6, 6.07) is 28.9. The molecule has 2 atom stereocenters. The third-order valence-corrected chi connectivity index (χ3v) is 6.17. The molecule has 0 aliphatic rings. The average Bonchev–Trinajstić information content (AvgIpc) is 3.40. The maximum Gasteiger partial charge on any atom is 0.322 e. The van der Waals surface area contributed by atoms with Gasteiger partial charge in [0.2, 0.25) is 0 Å². The zero-order valence-electron chi connectivity index (χ0n) is 19.2. The van der Waals surface area contributed by atoms with E-state index in [4.69, 9.17) is 0 Å². The number of carboxylic acid groups (broad SMARTS) is 1. The highest BCUT2D eigenvalue weighted by molar-refractivity contribution is 5.75. The van der Waals surface area contributed by atoms with Crippen LogP contribution >= 0.6 is 0 Å². The topological polar surface area (TPSA) is 90.0 Å². The smallest absolute Gasteiger partial charge is 0.322 e. The first-order valence-electron chi connectivity index (χ1n) is 11.5. The second-order valence-corrected chi connectivity index (χ2v) is 8.38. The zero-order valence-corrected chi connectivity index (χ0v) is 19.2. The van der Waals surface area contributed by atoms with Crippen LogP contribution < -0.4 is 10.6 Å². The number of aromatic amines is 1. The van der Waals surface area contributed by atoms with Crippen LogP contribution in [-0.4, -0.2) is 39.7 Å². The summed E-state index contributed by atoms with van der Waals surface area (Å²) in [5, 5.41) is 17.3. The van der Waals surface area contributed by atoms with Crippen molar-refractivity contribution in [2.75, 3.05) is 6.54 Å². The Morgan fingerprint density at radius 2 is 1.41 bits per heavy atom. The van der Waals surface area contributed by atoms with Gasteiger partial charge in [0.15, 0.2) is 0 Å². The second kappa shape index (κ2) is 10.9. The molecule has 34 heavy (non-hydrogen) atoms. The third-order valence-electron chi connectivity index (χ3n) is 6.17. The number of aromatic nitrogens is 2. The van der Waals surface area contributed by atoms with Crippen LogP contribution in [0, 0.1) is 0 Å². The molecule has 0 amide bonds. The molecule has 0 aliphatic carbocycles. The molecule has 0 fully saturated rings. The SMILES string of the molecule is C[C@@H](NCCc1cnc[nH]1)[C@H](NC(c1ccccc1)(c1ccccc1)c1ccccc1)C(=O)O. The highest BCUT2D eigenvalue weighted by atomic mass is 16.4. The Balaban J connectivity index is 1.73. The number of aliphatic carboxylic acids is 1. The summed E-state index contributed by atoms with van der Waals surface area (Å²) < 4.78 is 0. The monoisotopic (exact) mass is 454 g/mol. The van der Waals surface area contributed by atoms with Crippen molar-refractivity contribution in [1.29, 1.82) is 0 Å². The molecule has 0 aliphatic heterocycles. The number of carbonyl (C=O) groups is 1. The molecule has 0 spiro atoms. The van der Waals surface area contributed by atoms with Crippen molar-refractivity contribution >= 4 is 5.97 Å². The Morgan fingerprint density at radius 3 is 1.82 bits per heavy atom. The van der Waals surface area contributed by atoms with Crippen LogP contribution in [0.3, 0.4) is 0 Å². The number of H-pyrrole nitrogens is 1. The number of rotatable bonds is 11. The molecule has 1 aromatic heterocycles. The molecular weight excluding hydrogens is 424 g/mol. The van der Waals surface area contributed by atoms with E-state index in [1.165, 1.54) is 0 Å². The lowest BCUT2D eigenvalue weighted by molar-refractivity contribution is -0.140. The highest BCUT2D eigenvalue weighted by Crippen LogP contribution is 2.37. The van der Waals surface area contributed by atoms with Crippen LogP contribution in [0.15, 0.2) is 104 Å². The Morgan fingerprint density at radius 1 is 0.912 bits per heavy atom. The summed E-state index contributed by atoms with van der Waals surface area (Å²) in [6.07, 6.45) is 4.16. The summed E-state index contributed by atoms with van der Waals surface area (Å²) in [5.41, 5.74) is 3.08. The molecule has 0 radical (unpaired) electrons. The minimum Gasteiger partial charge on any atom is -0.480 e. The molecule has 4 N–H and O–H groups in total. The van der Waals surface area contributed by atoms with Gasteiger partial charge in [0.1, 0.15) is 6.04 Å². The van der Waals surface area contributed by atoms with Crippen molar-refractivity contribution < 1.29 is 9.90 Å². The predicted molar refractivity (Wildman–Crippen MR) is 134 cm³/mol. The van der Waals surface area contributed by atoms with Gasteiger partial charge >= 0.3 is 5.97 Å². The molecule has 0 bridgehead atoms. The Bertz CT molecular complexity index is 1050. The first-order valence-corrected chi connectivity index (χ1v) is 11.5. The largest absolute Gasteiger partial charge is 0.480 e.